The van der Waals surface area contributed by atoms with Crippen molar-refractivity contribution in [1.82, 2.24) is 20.2 Å². The molecule has 0 aliphatic heterocycles. The third-order valence-corrected chi connectivity index (χ3v) is 4.74. The number of H-pyrrole nitrogens is 1. The minimum Gasteiger partial charge on any atom is -0.493 e. The summed E-state index contributed by atoms with van der Waals surface area (Å²) in [6.07, 6.45) is 0. The standard InChI is InChI=1S/C22H27N5O3/c1-14(27(2)3)24-16-8-6-7-15(9-16)12-23-13-21-25-18-11-20(30-5)19(29-4)10-17(18)22(28)26-21/h6-11,23H,12-13H2,1-5H3,(H,25,26,28)/b24-14+. The summed E-state index contributed by atoms with van der Waals surface area (Å²) in [4.78, 5) is 26.3. The Balaban J connectivity index is 1.73. The quantitative estimate of drug-likeness (QED) is 0.461. The highest BCUT2D eigenvalue weighted by Crippen LogP contribution is 2.29. The van der Waals surface area contributed by atoms with Crippen LogP contribution in [0.3, 0.4) is 0 Å². The van der Waals surface area contributed by atoms with Crippen molar-refractivity contribution in [3.63, 3.8) is 0 Å². The molecule has 8 heteroatoms. The van der Waals surface area contributed by atoms with E-state index in [1.807, 2.05) is 50.2 Å². The summed E-state index contributed by atoms with van der Waals surface area (Å²) in [5.74, 6) is 2.54. The molecule has 0 saturated carbocycles. The van der Waals surface area contributed by atoms with Crippen LogP contribution >= 0.6 is 0 Å². The number of nitrogens with one attached hydrogen (secondary N) is 2. The summed E-state index contributed by atoms with van der Waals surface area (Å²) < 4.78 is 10.6. The van der Waals surface area contributed by atoms with Gasteiger partial charge < -0.3 is 24.7 Å². The van der Waals surface area contributed by atoms with E-state index in [9.17, 15) is 4.79 Å². The molecule has 0 aliphatic rings. The molecule has 0 atom stereocenters. The van der Waals surface area contributed by atoms with E-state index >= 15 is 0 Å². The third kappa shape index (κ3) is 4.96. The summed E-state index contributed by atoms with van der Waals surface area (Å²) in [7, 11) is 7.02. The Labute approximate surface area is 175 Å². The zero-order chi connectivity index (χ0) is 21.7. The number of hydrogen-bond donors (Lipinski definition) is 2. The summed E-state index contributed by atoms with van der Waals surface area (Å²) in [6, 6.07) is 11.4. The number of aromatic amines is 1. The molecule has 8 nitrogen and oxygen atoms in total. The molecule has 30 heavy (non-hydrogen) atoms. The maximum absolute atomic E-state index is 12.4. The summed E-state index contributed by atoms with van der Waals surface area (Å²) in [6.45, 7) is 3.01. The maximum atomic E-state index is 12.4. The van der Waals surface area contributed by atoms with Crippen molar-refractivity contribution in [3.05, 3.63) is 58.1 Å². The van der Waals surface area contributed by atoms with Gasteiger partial charge in [-0.3, -0.25) is 4.79 Å². The molecule has 1 aromatic heterocycles. The molecule has 1 heterocycles. The second-order valence-electron chi connectivity index (χ2n) is 7.07. The van der Waals surface area contributed by atoms with Crippen LogP contribution in [0.4, 0.5) is 5.69 Å². The zero-order valence-corrected chi connectivity index (χ0v) is 17.9. The van der Waals surface area contributed by atoms with Crippen LogP contribution in [0, 0.1) is 0 Å². The molecule has 3 rings (SSSR count). The summed E-state index contributed by atoms with van der Waals surface area (Å²) in [5.41, 5.74) is 2.34. The first-order chi connectivity index (χ1) is 14.4. The Hall–Kier alpha value is -3.39. The van der Waals surface area contributed by atoms with Gasteiger partial charge in [0.1, 0.15) is 11.7 Å². The van der Waals surface area contributed by atoms with E-state index in [0.29, 0.717) is 41.3 Å². The van der Waals surface area contributed by atoms with Crippen LogP contribution in [0.25, 0.3) is 10.9 Å². The second kappa shape index (κ2) is 9.41. The van der Waals surface area contributed by atoms with E-state index < -0.39 is 0 Å². The number of aliphatic imine (C=N–C) groups is 1. The summed E-state index contributed by atoms with van der Waals surface area (Å²) >= 11 is 0. The Morgan fingerprint density at radius 3 is 2.57 bits per heavy atom. The van der Waals surface area contributed by atoms with Gasteiger partial charge in [-0.1, -0.05) is 12.1 Å². The van der Waals surface area contributed by atoms with Gasteiger partial charge in [0.05, 0.1) is 37.4 Å². The molecule has 2 N–H and O–H groups in total. The maximum Gasteiger partial charge on any atom is 0.280 e. The molecule has 0 amide bonds. The van der Waals surface area contributed by atoms with Gasteiger partial charge in [-0.25, -0.2) is 4.99 Å². The number of benzene rings is 2. The minimum atomic E-state index is -0.308. The number of methoxy groups -OCH3 is 2. The Morgan fingerprint density at radius 2 is 1.87 bits per heavy atom. The third-order valence-electron chi connectivity index (χ3n) is 4.74. The van der Waals surface area contributed by atoms with Crippen molar-refractivity contribution in [2.45, 2.75) is 20.0 Å². The van der Waals surface area contributed by atoms with Crippen LogP contribution in [-0.2, 0) is 13.1 Å². The van der Waals surface area contributed by atoms with E-state index in [1.54, 1.807) is 19.2 Å². The van der Waals surface area contributed by atoms with Crippen LogP contribution in [0.1, 0.15) is 18.3 Å². The van der Waals surface area contributed by atoms with Crippen LogP contribution < -0.4 is 20.3 Å². The average molecular weight is 409 g/mol. The topological polar surface area (TPSA) is 91.8 Å². The van der Waals surface area contributed by atoms with Crippen LogP contribution in [-0.4, -0.2) is 49.0 Å². The SMILES string of the molecule is COc1cc2[nH]c(CNCc3cccc(/N=C(\C)N(C)C)c3)nc(=O)c2cc1OC. The van der Waals surface area contributed by atoms with Crippen LogP contribution in [0.15, 0.2) is 46.2 Å². The van der Waals surface area contributed by atoms with Gasteiger partial charge in [-0.2, -0.15) is 4.98 Å². The number of fused-ring (bicyclic) bond motifs is 1. The first-order valence-electron chi connectivity index (χ1n) is 9.58. The van der Waals surface area contributed by atoms with Gasteiger partial charge in [0, 0.05) is 26.7 Å². The van der Waals surface area contributed by atoms with Gasteiger partial charge >= 0.3 is 0 Å². The van der Waals surface area contributed by atoms with E-state index in [-0.39, 0.29) is 5.56 Å². The predicted octanol–water partition coefficient (Wildman–Crippen LogP) is 2.84. The molecule has 0 fully saturated rings. The number of ether oxygens (including phenoxy) is 2. The smallest absolute Gasteiger partial charge is 0.280 e. The molecule has 0 aliphatic carbocycles. The van der Waals surface area contributed by atoms with Gasteiger partial charge in [-0.15, -0.1) is 0 Å². The van der Waals surface area contributed by atoms with Gasteiger partial charge in [0.25, 0.3) is 5.56 Å². The molecule has 0 bridgehead atoms. The number of hydrogen-bond acceptors (Lipinski definition) is 6. The van der Waals surface area contributed by atoms with Crippen molar-refractivity contribution in [2.24, 2.45) is 4.99 Å². The van der Waals surface area contributed by atoms with Crippen molar-refractivity contribution >= 4 is 22.4 Å². The fraction of sp³-hybridized carbons (Fsp3) is 0.318. The highest BCUT2D eigenvalue weighted by molar-refractivity contribution is 5.82. The molecular formula is C22H27N5O3. The van der Waals surface area contributed by atoms with Crippen LogP contribution in [0.5, 0.6) is 11.5 Å². The first kappa shape index (κ1) is 21.3. The highest BCUT2D eigenvalue weighted by atomic mass is 16.5. The average Bonchev–Trinajstić information content (AvgIpc) is 2.73. The van der Waals surface area contributed by atoms with Gasteiger partial charge in [-0.05, 0) is 30.7 Å². The van der Waals surface area contributed by atoms with Crippen molar-refractivity contribution < 1.29 is 9.47 Å². The van der Waals surface area contributed by atoms with Crippen LogP contribution in [0.2, 0.25) is 0 Å². The molecule has 2 aromatic carbocycles. The number of nitrogens with zero attached hydrogens (tertiary/aromatic N) is 3. The lowest BCUT2D eigenvalue weighted by Crippen LogP contribution is -2.19. The Morgan fingerprint density at radius 1 is 1.13 bits per heavy atom. The molecule has 0 radical (unpaired) electrons. The zero-order valence-electron chi connectivity index (χ0n) is 17.9. The number of aromatic nitrogens is 2. The first-order valence-corrected chi connectivity index (χ1v) is 9.58. The van der Waals surface area contributed by atoms with E-state index in [0.717, 1.165) is 17.1 Å². The fourth-order valence-electron chi connectivity index (χ4n) is 2.96. The molecule has 0 spiro atoms. The Kier molecular flexibility index (Phi) is 6.68. The normalized spacial score (nSPS) is 11.6. The van der Waals surface area contributed by atoms with Crippen molar-refractivity contribution in [2.75, 3.05) is 28.3 Å². The molecule has 0 saturated heterocycles. The minimum absolute atomic E-state index is 0.308. The lowest BCUT2D eigenvalue weighted by molar-refractivity contribution is 0.355. The monoisotopic (exact) mass is 409 g/mol. The van der Waals surface area contributed by atoms with Crippen molar-refractivity contribution in [3.8, 4) is 11.5 Å². The van der Waals surface area contributed by atoms with E-state index in [4.69, 9.17) is 9.47 Å². The molecule has 158 valence electrons. The highest BCUT2D eigenvalue weighted by Gasteiger charge is 2.10. The summed E-state index contributed by atoms with van der Waals surface area (Å²) in [5, 5.41) is 3.77. The van der Waals surface area contributed by atoms with E-state index in [2.05, 4.69) is 20.3 Å². The number of rotatable bonds is 7. The van der Waals surface area contributed by atoms with E-state index in [1.165, 1.54) is 7.11 Å². The largest absolute Gasteiger partial charge is 0.493 e. The fourth-order valence-corrected chi connectivity index (χ4v) is 2.96. The molecule has 0 unspecified atom stereocenters. The Bertz CT molecular complexity index is 1120. The van der Waals surface area contributed by atoms with Crippen molar-refractivity contribution in [1.29, 1.82) is 0 Å². The van der Waals surface area contributed by atoms with Gasteiger partial charge in [0.2, 0.25) is 0 Å². The van der Waals surface area contributed by atoms with Gasteiger partial charge in [0.15, 0.2) is 11.5 Å². The number of amidine groups is 1. The lowest BCUT2D eigenvalue weighted by Gasteiger charge is -2.11. The molecular weight excluding hydrogens is 382 g/mol. The lowest BCUT2D eigenvalue weighted by atomic mass is 10.2. The predicted molar refractivity (Wildman–Crippen MR) is 119 cm³/mol. The molecule has 3 aromatic rings. The second-order valence-corrected chi connectivity index (χ2v) is 7.07.